The number of aromatic nitrogens is 4. The number of aromatic amines is 1. The molecule has 1 aliphatic heterocycles. The molecule has 0 atom stereocenters. The maximum absolute atomic E-state index is 12.8. The van der Waals surface area contributed by atoms with Crippen LogP contribution in [-0.4, -0.2) is 44.4 Å². The van der Waals surface area contributed by atoms with Crippen LogP contribution >= 0.6 is 0 Å². The number of fused-ring (bicyclic) bond motifs is 4. The van der Waals surface area contributed by atoms with E-state index in [2.05, 4.69) is 15.3 Å². The van der Waals surface area contributed by atoms with E-state index in [4.69, 9.17) is 4.74 Å². The van der Waals surface area contributed by atoms with Gasteiger partial charge in [0.15, 0.2) is 0 Å². The van der Waals surface area contributed by atoms with Crippen molar-refractivity contribution in [2.75, 3.05) is 13.7 Å². The molecule has 3 heterocycles. The minimum Gasteiger partial charge on any atom is -0.497 e. The van der Waals surface area contributed by atoms with E-state index < -0.39 is 0 Å². The van der Waals surface area contributed by atoms with Crippen LogP contribution in [0.5, 0.6) is 5.75 Å². The molecule has 0 saturated heterocycles. The van der Waals surface area contributed by atoms with Gasteiger partial charge in [0, 0.05) is 54.6 Å². The zero-order valence-electron chi connectivity index (χ0n) is 17.3. The molecule has 0 radical (unpaired) electrons. The third-order valence-electron chi connectivity index (χ3n) is 5.92. The predicted molar refractivity (Wildman–Crippen MR) is 117 cm³/mol. The first-order valence-corrected chi connectivity index (χ1v) is 10.4. The summed E-state index contributed by atoms with van der Waals surface area (Å²) in [5.74, 6) is 0.893. The van der Waals surface area contributed by atoms with Crippen molar-refractivity contribution in [1.82, 2.24) is 24.9 Å². The van der Waals surface area contributed by atoms with E-state index in [1.54, 1.807) is 19.2 Å². The van der Waals surface area contributed by atoms with Crippen molar-refractivity contribution in [1.29, 1.82) is 0 Å². The van der Waals surface area contributed by atoms with Gasteiger partial charge in [-0.25, -0.2) is 4.68 Å². The van der Waals surface area contributed by atoms with Crippen LogP contribution in [0.25, 0.3) is 21.8 Å². The molecule has 8 nitrogen and oxygen atoms in total. The van der Waals surface area contributed by atoms with Gasteiger partial charge in [0.05, 0.1) is 12.5 Å². The van der Waals surface area contributed by atoms with Crippen LogP contribution in [0.2, 0.25) is 0 Å². The fraction of sp³-hybridized carbons (Fsp3) is 0.304. The van der Waals surface area contributed by atoms with Crippen molar-refractivity contribution in [3.05, 3.63) is 64.1 Å². The Hall–Kier alpha value is -3.68. The molecule has 4 aromatic rings. The number of hydrogen-bond acceptors (Lipinski definition) is 5. The summed E-state index contributed by atoms with van der Waals surface area (Å²) < 4.78 is 6.70. The molecule has 31 heavy (non-hydrogen) atoms. The van der Waals surface area contributed by atoms with E-state index in [0.717, 1.165) is 28.6 Å². The van der Waals surface area contributed by atoms with Gasteiger partial charge in [0.1, 0.15) is 11.3 Å². The number of rotatable bonds is 5. The third kappa shape index (κ3) is 3.54. The van der Waals surface area contributed by atoms with E-state index >= 15 is 0 Å². The summed E-state index contributed by atoms with van der Waals surface area (Å²) >= 11 is 0. The Morgan fingerprint density at radius 2 is 2.06 bits per heavy atom. The van der Waals surface area contributed by atoms with Crippen LogP contribution in [0.4, 0.5) is 0 Å². The summed E-state index contributed by atoms with van der Waals surface area (Å²) in [4.78, 5) is 30.7. The molecule has 1 N–H and O–H groups in total. The Morgan fingerprint density at radius 3 is 2.94 bits per heavy atom. The lowest BCUT2D eigenvalue weighted by Gasteiger charge is -2.27. The average molecular weight is 417 g/mol. The second kappa shape index (κ2) is 7.86. The standard InChI is InChI=1S/C23H23N5O3/c1-31-15-8-9-19-17(13-15)18-14-27(12-10-20(18)24-19)22(29)7-4-11-28-23(30)16-5-2-3-6-21(16)25-26-28/h2-3,5-6,8-9,13,24H,4,7,10-12,14H2,1H3. The van der Waals surface area contributed by atoms with Gasteiger partial charge in [0.25, 0.3) is 5.56 Å². The van der Waals surface area contributed by atoms with Crippen molar-refractivity contribution < 1.29 is 9.53 Å². The number of aryl methyl sites for hydroxylation is 1. The molecule has 0 spiro atoms. The smallest absolute Gasteiger partial charge is 0.277 e. The Labute approximate surface area is 178 Å². The van der Waals surface area contributed by atoms with Gasteiger partial charge in [0.2, 0.25) is 5.91 Å². The molecule has 5 rings (SSSR count). The Kier molecular flexibility index (Phi) is 4.89. The first-order chi connectivity index (χ1) is 15.1. The number of H-pyrrole nitrogens is 1. The minimum atomic E-state index is -0.173. The van der Waals surface area contributed by atoms with E-state index in [1.165, 1.54) is 10.4 Å². The number of nitrogens with one attached hydrogen (secondary N) is 1. The summed E-state index contributed by atoms with van der Waals surface area (Å²) in [6, 6.07) is 13.1. The number of hydrogen-bond donors (Lipinski definition) is 1. The second-order valence-corrected chi connectivity index (χ2v) is 7.80. The summed E-state index contributed by atoms with van der Waals surface area (Å²) in [6.07, 6.45) is 1.70. The summed E-state index contributed by atoms with van der Waals surface area (Å²) in [5.41, 5.74) is 3.82. The molecule has 0 aliphatic carbocycles. The van der Waals surface area contributed by atoms with Gasteiger partial charge < -0.3 is 14.6 Å². The van der Waals surface area contributed by atoms with Crippen LogP contribution in [0, 0.1) is 0 Å². The number of nitrogens with zero attached hydrogens (tertiary/aromatic N) is 4. The van der Waals surface area contributed by atoms with Crippen LogP contribution in [0.1, 0.15) is 24.1 Å². The van der Waals surface area contributed by atoms with Crippen LogP contribution in [0.15, 0.2) is 47.3 Å². The lowest BCUT2D eigenvalue weighted by atomic mass is 10.0. The van der Waals surface area contributed by atoms with Gasteiger partial charge in [-0.3, -0.25) is 9.59 Å². The Bertz CT molecular complexity index is 1340. The van der Waals surface area contributed by atoms with E-state index in [0.29, 0.717) is 43.4 Å². The van der Waals surface area contributed by atoms with Gasteiger partial charge in [-0.05, 0) is 36.8 Å². The number of methoxy groups -OCH3 is 1. The fourth-order valence-corrected chi connectivity index (χ4v) is 4.24. The van der Waals surface area contributed by atoms with Gasteiger partial charge >= 0.3 is 0 Å². The largest absolute Gasteiger partial charge is 0.497 e. The van der Waals surface area contributed by atoms with Crippen molar-refractivity contribution >= 4 is 27.7 Å². The lowest BCUT2D eigenvalue weighted by molar-refractivity contribution is -0.132. The molecule has 0 unspecified atom stereocenters. The highest BCUT2D eigenvalue weighted by Crippen LogP contribution is 2.30. The number of amides is 1. The van der Waals surface area contributed by atoms with Crippen molar-refractivity contribution in [3.63, 3.8) is 0 Å². The molecule has 8 heteroatoms. The summed E-state index contributed by atoms with van der Waals surface area (Å²) in [7, 11) is 1.65. The Morgan fingerprint density at radius 1 is 1.19 bits per heavy atom. The summed E-state index contributed by atoms with van der Waals surface area (Å²) in [6.45, 7) is 1.63. The maximum atomic E-state index is 12.8. The zero-order valence-corrected chi connectivity index (χ0v) is 17.3. The maximum Gasteiger partial charge on any atom is 0.277 e. The first kappa shape index (κ1) is 19.3. The molecule has 0 saturated carbocycles. The van der Waals surface area contributed by atoms with Crippen molar-refractivity contribution in [2.45, 2.75) is 32.4 Å². The zero-order chi connectivity index (χ0) is 21.4. The predicted octanol–water partition coefficient (Wildman–Crippen LogP) is 2.65. The first-order valence-electron chi connectivity index (χ1n) is 10.4. The Balaban J connectivity index is 1.26. The molecule has 2 aromatic carbocycles. The number of benzene rings is 2. The van der Waals surface area contributed by atoms with Crippen LogP contribution in [-0.2, 0) is 24.3 Å². The van der Waals surface area contributed by atoms with Crippen molar-refractivity contribution in [3.8, 4) is 5.75 Å². The van der Waals surface area contributed by atoms with Gasteiger partial charge in [-0.15, -0.1) is 5.10 Å². The van der Waals surface area contributed by atoms with Crippen molar-refractivity contribution in [2.24, 2.45) is 0 Å². The number of carbonyl (C=O) groups is 1. The third-order valence-corrected chi connectivity index (χ3v) is 5.92. The molecule has 1 aliphatic rings. The van der Waals surface area contributed by atoms with Gasteiger partial charge in [-0.1, -0.05) is 17.3 Å². The minimum absolute atomic E-state index is 0.0877. The fourth-order valence-electron chi connectivity index (χ4n) is 4.24. The molecular formula is C23H23N5O3. The molecular weight excluding hydrogens is 394 g/mol. The van der Waals surface area contributed by atoms with Gasteiger partial charge in [-0.2, -0.15) is 0 Å². The number of carbonyl (C=O) groups excluding carboxylic acids is 1. The molecule has 0 fully saturated rings. The highest BCUT2D eigenvalue weighted by Gasteiger charge is 2.24. The second-order valence-electron chi connectivity index (χ2n) is 7.80. The quantitative estimate of drug-likeness (QED) is 0.539. The SMILES string of the molecule is COc1ccc2[nH]c3c(c2c1)CN(C(=O)CCCn1nnc2ccccc2c1=O)CC3. The van der Waals surface area contributed by atoms with E-state index in [-0.39, 0.29) is 11.5 Å². The molecule has 2 aromatic heterocycles. The average Bonchev–Trinajstić information content (AvgIpc) is 3.17. The van der Waals surface area contributed by atoms with Crippen LogP contribution in [0.3, 0.4) is 0 Å². The van der Waals surface area contributed by atoms with E-state index in [1.807, 2.05) is 35.2 Å². The summed E-state index contributed by atoms with van der Waals surface area (Å²) in [5, 5.41) is 9.74. The van der Waals surface area contributed by atoms with Crippen LogP contribution < -0.4 is 10.3 Å². The topological polar surface area (TPSA) is 93.1 Å². The molecule has 158 valence electrons. The lowest BCUT2D eigenvalue weighted by Crippen LogP contribution is -2.36. The molecule has 0 bridgehead atoms. The molecule has 1 amide bonds. The number of ether oxygens (including phenoxy) is 1. The highest BCUT2D eigenvalue weighted by atomic mass is 16.5. The highest BCUT2D eigenvalue weighted by molar-refractivity contribution is 5.87. The normalized spacial score (nSPS) is 13.5. The monoisotopic (exact) mass is 417 g/mol. The van der Waals surface area contributed by atoms with E-state index in [9.17, 15) is 9.59 Å².